The second kappa shape index (κ2) is 4.79. The number of amides is 1. The first kappa shape index (κ1) is 12.2. The summed E-state index contributed by atoms with van der Waals surface area (Å²) in [5.41, 5.74) is -0.419. The lowest BCUT2D eigenvalue weighted by molar-refractivity contribution is -0.126. The monoisotopic (exact) mass is 225 g/mol. The molecule has 0 spiro atoms. The van der Waals surface area contributed by atoms with Crippen molar-refractivity contribution in [2.24, 2.45) is 0 Å². The highest BCUT2D eigenvalue weighted by atomic mass is 32.1. The fourth-order valence-corrected chi connectivity index (χ4v) is 2.10. The van der Waals surface area contributed by atoms with Gasteiger partial charge < -0.3 is 5.32 Å². The molecule has 1 aromatic rings. The van der Waals surface area contributed by atoms with Gasteiger partial charge in [-0.05, 0) is 38.6 Å². The number of hydrogen-bond acceptors (Lipinski definition) is 2. The Morgan fingerprint density at radius 2 is 2.27 bits per heavy atom. The van der Waals surface area contributed by atoms with Crippen LogP contribution in [0.25, 0.3) is 0 Å². The van der Waals surface area contributed by atoms with Crippen molar-refractivity contribution in [1.82, 2.24) is 5.32 Å². The molecule has 1 amide bonds. The molecule has 0 fully saturated rings. The molecule has 0 aliphatic carbocycles. The van der Waals surface area contributed by atoms with Crippen LogP contribution in [0, 0.1) is 0 Å². The van der Waals surface area contributed by atoms with Crippen LogP contribution in [-0.4, -0.2) is 11.9 Å². The van der Waals surface area contributed by atoms with Crippen LogP contribution in [0.5, 0.6) is 0 Å². The summed E-state index contributed by atoms with van der Waals surface area (Å²) in [6.07, 6.45) is 0.965. The number of carbonyl (C=O) groups excluding carboxylic acids is 1. The van der Waals surface area contributed by atoms with Gasteiger partial charge in [0, 0.05) is 10.9 Å². The van der Waals surface area contributed by atoms with Gasteiger partial charge in [-0.15, -0.1) is 11.3 Å². The van der Waals surface area contributed by atoms with Crippen molar-refractivity contribution < 1.29 is 4.79 Å². The molecule has 0 aliphatic heterocycles. The molecule has 2 nitrogen and oxygen atoms in total. The Morgan fingerprint density at radius 3 is 2.73 bits per heavy atom. The van der Waals surface area contributed by atoms with Gasteiger partial charge in [-0.2, -0.15) is 0 Å². The SMILES string of the molecule is CCC(C)NC(=O)C(C)(C)c1cccs1. The van der Waals surface area contributed by atoms with E-state index in [9.17, 15) is 4.79 Å². The van der Waals surface area contributed by atoms with Gasteiger partial charge >= 0.3 is 0 Å². The Morgan fingerprint density at radius 1 is 1.60 bits per heavy atom. The van der Waals surface area contributed by atoms with Gasteiger partial charge in [0.15, 0.2) is 0 Å². The summed E-state index contributed by atoms with van der Waals surface area (Å²) >= 11 is 1.63. The van der Waals surface area contributed by atoms with Crippen LogP contribution in [0.15, 0.2) is 17.5 Å². The number of hydrogen-bond donors (Lipinski definition) is 1. The van der Waals surface area contributed by atoms with Crippen LogP contribution < -0.4 is 5.32 Å². The molecule has 0 aromatic carbocycles. The van der Waals surface area contributed by atoms with E-state index in [1.807, 2.05) is 38.3 Å². The van der Waals surface area contributed by atoms with Crippen molar-refractivity contribution in [2.45, 2.75) is 45.6 Å². The molecule has 3 heteroatoms. The van der Waals surface area contributed by atoms with Crippen LogP contribution in [-0.2, 0) is 10.2 Å². The Kier molecular flexibility index (Phi) is 3.91. The molecule has 1 unspecified atom stereocenters. The Labute approximate surface area is 95.7 Å². The molecule has 1 rings (SSSR count). The van der Waals surface area contributed by atoms with E-state index in [0.29, 0.717) is 0 Å². The highest BCUT2D eigenvalue weighted by Gasteiger charge is 2.31. The third-order valence-corrected chi connectivity index (χ3v) is 3.89. The van der Waals surface area contributed by atoms with Gasteiger partial charge in [0.2, 0.25) is 5.91 Å². The largest absolute Gasteiger partial charge is 0.353 e. The quantitative estimate of drug-likeness (QED) is 0.838. The van der Waals surface area contributed by atoms with E-state index >= 15 is 0 Å². The average molecular weight is 225 g/mol. The van der Waals surface area contributed by atoms with E-state index in [1.165, 1.54) is 0 Å². The van der Waals surface area contributed by atoms with E-state index in [1.54, 1.807) is 11.3 Å². The fourth-order valence-electron chi connectivity index (χ4n) is 1.25. The molecule has 1 aromatic heterocycles. The highest BCUT2D eigenvalue weighted by molar-refractivity contribution is 7.10. The molecule has 84 valence electrons. The zero-order chi connectivity index (χ0) is 11.5. The molecule has 0 radical (unpaired) electrons. The average Bonchev–Trinajstić information content (AvgIpc) is 2.70. The van der Waals surface area contributed by atoms with Gasteiger partial charge in [-0.25, -0.2) is 0 Å². The zero-order valence-electron chi connectivity index (χ0n) is 9.83. The summed E-state index contributed by atoms with van der Waals surface area (Å²) < 4.78 is 0. The Hall–Kier alpha value is -0.830. The first-order valence-electron chi connectivity index (χ1n) is 5.33. The van der Waals surface area contributed by atoms with Crippen LogP contribution >= 0.6 is 11.3 Å². The van der Waals surface area contributed by atoms with Gasteiger partial charge in [-0.1, -0.05) is 13.0 Å². The summed E-state index contributed by atoms with van der Waals surface area (Å²) in [5.74, 6) is 0.110. The molecule has 0 saturated carbocycles. The number of nitrogens with one attached hydrogen (secondary N) is 1. The number of thiophene rings is 1. The van der Waals surface area contributed by atoms with E-state index in [0.717, 1.165) is 11.3 Å². The molecule has 0 saturated heterocycles. The number of carbonyl (C=O) groups is 1. The van der Waals surface area contributed by atoms with Gasteiger partial charge in [0.1, 0.15) is 0 Å². The predicted octanol–water partition coefficient (Wildman–Crippen LogP) is 2.94. The van der Waals surface area contributed by atoms with Gasteiger partial charge in [-0.3, -0.25) is 4.79 Å². The van der Waals surface area contributed by atoms with Crippen LogP contribution in [0.4, 0.5) is 0 Å². The third-order valence-electron chi connectivity index (χ3n) is 2.69. The Bertz CT molecular complexity index is 316. The molecule has 0 bridgehead atoms. The maximum absolute atomic E-state index is 12.0. The smallest absolute Gasteiger partial charge is 0.231 e. The normalized spacial score (nSPS) is 13.6. The molecule has 15 heavy (non-hydrogen) atoms. The lowest BCUT2D eigenvalue weighted by atomic mass is 9.90. The summed E-state index contributed by atoms with van der Waals surface area (Å²) in [4.78, 5) is 13.1. The van der Waals surface area contributed by atoms with E-state index in [2.05, 4.69) is 12.2 Å². The number of rotatable bonds is 4. The van der Waals surface area contributed by atoms with Gasteiger partial charge in [0.05, 0.1) is 5.41 Å². The first-order valence-corrected chi connectivity index (χ1v) is 6.21. The maximum Gasteiger partial charge on any atom is 0.231 e. The second-order valence-corrected chi connectivity index (χ2v) is 5.33. The van der Waals surface area contributed by atoms with Crippen molar-refractivity contribution in [2.75, 3.05) is 0 Å². The zero-order valence-corrected chi connectivity index (χ0v) is 10.6. The van der Waals surface area contributed by atoms with Crippen molar-refractivity contribution >= 4 is 17.2 Å². The van der Waals surface area contributed by atoms with Crippen molar-refractivity contribution in [3.63, 3.8) is 0 Å². The topological polar surface area (TPSA) is 29.1 Å². The van der Waals surface area contributed by atoms with Gasteiger partial charge in [0.25, 0.3) is 0 Å². The summed E-state index contributed by atoms with van der Waals surface area (Å²) in [6.45, 7) is 8.04. The third kappa shape index (κ3) is 2.81. The predicted molar refractivity (Wildman–Crippen MR) is 65.2 cm³/mol. The minimum absolute atomic E-state index is 0.110. The summed E-state index contributed by atoms with van der Waals surface area (Å²) in [5, 5.41) is 5.03. The van der Waals surface area contributed by atoms with Crippen LogP contribution in [0.3, 0.4) is 0 Å². The standard InChI is InChI=1S/C12H19NOS/c1-5-9(2)13-11(14)12(3,4)10-7-6-8-15-10/h6-9H,5H2,1-4H3,(H,13,14). The fraction of sp³-hybridized carbons (Fsp3) is 0.583. The van der Waals surface area contributed by atoms with Crippen LogP contribution in [0.2, 0.25) is 0 Å². The second-order valence-electron chi connectivity index (χ2n) is 4.39. The minimum Gasteiger partial charge on any atom is -0.353 e. The van der Waals surface area contributed by atoms with Crippen LogP contribution in [0.1, 0.15) is 39.0 Å². The Balaban J connectivity index is 2.74. The molecule has 0 aliphatic rings. The lowest BCUT2D eigenvalue weighted by Gasteiger charge is -2.24. The first-order chi connectivity index (χ1) is 6.98. The molecular weight excluding hydrogens is 206 g/mol. The van der Waals surface area contributed by atoms with E-state index in [4.69, 9.17) is 0 Å². The highest BCUT2D eigenvalue weighted by Crippen LogP contribution is 2.27. The molecule has 1 N–H and O–H groups in total. The summed E-state index contributed by atoms with van der Waals surface area (Å²) in [6, 6.07) is 4.25. The minimum atomic E-state index is -0.419. The molecular formula is C12H19NOS. The van der Waals surface area contributed by atoms with Crippen molar-refractivity contribution in [3.05, 3.63) is 22.4 Å². The van der Waals surface area contributed by atoms with E-state index < -0.39 is 5.41 Å². The maximum atomic E-state index is 12.0. The summed E-state index contributed by atoms with van der Waals surface area (Å²) in [7, 11) is 0. The molecule has 1 atom stereocenters. The lowest BCUT2D eigenvalue weighted by Crippen LogP contribution is -2.43. The van der Waals surface area contributed by atoms with E-state index in [-0.39, 0.29) is 11.9 Å². The van der Waals surface area contributed by atoms with Crippen molar-refractivity contribution in [1.29, 1.82) is 0 Å². The van der Waals surface area contributed by atoms with Crippen molar-refractivity contribution in [3.8, 4) is 0 Å². The molecule has 1 heterocycles.